The molecule has 0 aliphatic carbocycles. The second-order valence-corrected chi connectivity index (χ2v) is 8.20. The predicted octanol–water partition coefficient (Wildman–Crippen LogP) is 5.72. The van der Waals surface area contributed by atoms with Crippen molar-refractivity contribution in [3.63, 3.8) is 0 Å². The number of carbonyl (C=O) groups excluding carboxylic acids is 2. The number of rotatable bonds is 5. The lowest BCUT2D eigenvalue weighted by atomic mass is 10.0. The molecule has 34 heavy (non-hydrogen) atoms. The largest absolute Gasteiger partial charge is 0.327 e. The summed E-state index contributed by atoms with van der Waals surface area (Å²) in [6.45, 7) is 6.11. The van der Waals surface area contributed by atoms with E-state index in [2.05, 4.69) is 26.0 Å². The molecule has 0 fully saturated rings. The highest BCUT2D eigenvalue weighted by molar-refractivity contribution is 6.05. The van der Waals surface area contributed by atoms with Crippen LogP contribution in [0.4, 0.5) is 21.0 Å². The van der Waals surface area contributed by atoms with Gasteiger partial charge in [-0.15, -0.1) is 5.10 Å². The van der Waals surface area contributed by atoms with Crippen LogP contribution in [0.2, 0.25) is 0 Å². The van der Waals surface area contributed by atoms with Crippen molar-refractivity contribution in [2.75, 3.05) is 10.6 Å². The molecule has 4 amide bonds. The lowest BCUT2D eigenvalue weighted by Crippen LogP contribution is -2.37. The molecule has 4 rings (SSSR count). The number of hydrogen-bond donors (Lipinski definition) is 3. The molecular weight excluding hydrogens is 428 g/mol. The van der Waals surface area contributed by atoms with E-state index in [0.29, 0.717) is 17.2 Å². The molecule has 0 saturated carbocycles. The summed E-state index contributed by atoms with van der Waals surface area (Å²) in [6.07, 6.45) is 1.66. The van der Waals surface area contributed by atoms with Gasteiger partial charge in [0, 0.05) is 16.9 Å². The Balaban J connectivity index is 1.35. The molecule has 4 aromatic rings. The molecule has 0 atom stereocenters. The SMILES string of the molecule is Cc1ccc(-n2cnc(-c3ccc(NC(=O)NC(=O)Nc4ccccc4C(C)C)cc3)n2)cc1. The highest BCUT2D eigenvalue weighted by Crippen LogP contribution is 2.23. The zero-order chi connectivity index (χ0) is 24.1. The van der Waals surface area contributed by atoms with E-state index in [1.807, 2.05) is 75.4 Å². The molecule has 0 radical (unpaired) electrons. The number of amides is 4. The molecule has 0 aliphatic rings. The van der Waals surface area contributed by atoms with Crippen LogP contribution in [0.25, 0.3) is 17.1 Å². The zero-order valence-electron chi connectivity index (χ0n) is 19.2. The fraction of sp³-hybridized carbons (Fsp3) is 0.154. The van der Waals surface area contributed by atoms with Gasteiger partial charge in [0.05, 0.1) is 5.69 Å². The Morgan fingerprint density at radius 3 is 2.24 bits per heavy atom. The quantitative estimate of drug-likeness (QED) is 0.359. The summed E-state index contributed by atoms with van der Waals surface area (Å²) in [5, 5.41) is 12.2. The lowest BCUT2D eigenvalue weighted by Gasteiger charge is -2.14. The average molecular weight is 455 g/mol. The summed E-state index contributed by atoms with van der Waals surface area (Å²) in [5.74, 6) is 0.807. The van der Waals surface area contributed by atoms with Crippen LogP contribution in [0.15, 0.2) is 79.1 Å². The van der Waals surface area contributed by atoms with Crippen molar-refractivity contribution in [2.45, 2.75) is 26.7 Å². The molecule has 0 spiro atoms. The van der Waals surface area contributed by atoms with E-state index in [-0.39, 0.29) is 5.92 Å². The van der Waals surface area contributed by atoms with Crippen LogP contribution < -0.4 is 16.0 Å². The van der Waals surface area contributed by atoms with Crippen LogP contribution in [-0.4, -0.2) is 26.8 Å². The number of aryl methyl sites for hydroxylation is 1. The minimum Gasteiger partial charge on any atom is -0.308 e. The Labute approximate surface area is 198 Å². The van der Waals surface area contributed by atoms with Crippen molar-refractivity contribution in [1.82, 2.24) is 20.1 Å². The molecule has 3 N–H and O–H groups in total. The molecule has 0 aliphatic heterocycles. The van der Waals surface area contributed by atoms with E-state index in [9.17, 15) is 9.59 Å². The van der Waals surface area contributed by atoms with Crippen LogP contribution in [0.1, 0.15) is 30.9 Å². The van der Waals surface area contributed by atoms with Gasteiger partial charge in [0.1, 0.15) is 6.33 Å². The van der Waals surface area contributed by atoms with E-state index >= 15 is 0 Å². The van der Waals surface area contributed by atoms with Crippen LogP contribution in [0.3, 0.4) is 0 Å². The molecule has 8 nitrogen and oxygen atoms in total. The Morgan fingerprint density at radius 1 is 0.853 bits per heavy atom. The van der Waals surface area contributed by atoms with Gasteiger partial charge in [-0.25, -0.2) is 19.3 Å². The number of aromatic nitrogens is 3. The lowest BCUT2D eigenvalue weighted by molar-refractivity contribution is 0.240. The number of benzene rings is 3. The smallest absolute Gasteiger partial charge is 0.308 e. The Kier molecular flexibility index (Phi) is 6.68. The summed E-state index contributed by atoms with van der Waals surface area (Å²) in [7, 11) is 0. The molecule has 0 unspecified atom stereocenters. The van der Waals surface area contributed by atoms with Crippen molar-refractivity contribution >= 4 is 23.4 Å². The summed E-state index contributed by atoms with van der Waals surface area (Å²) >= 11 is 0. The van der Waals surface area contributed by atoms with Gasteiger partial charge in [0.2, 0.25) is 0 Å². The van der Waals surface area contributed by atoms with Gasteiger partial charge in [-0.1, -0.05) is 49.7 Å². The van der Waals surface area contributed by atoms with E-state index in [1.165, 1.54) is 5.56 Å². The first kappa shape index (κ1) is 22.7. The third-order valence-corrected chi connectivity index (χ3v) is 5.25. The summed E-state index contributed by atoms with van der Waals surface area (Å²) < 4.78 is 1.71. The van der Waals surface area contributed by atoms with Crippen molar-refractivity contribution in [3.8, 4) is 17.1 Å². The van der Waals surface area contributed by atoms with Gasteiger partial charge in [0.25, 0.3) is 0 Å². The van der Waals surface area contributed by atoms with Crippen molar-refractivity contribution in [2.24, 2.45) is 0 Å². The molecule has 172 valence electrons. The number of carbonyl (C=O) groups is 2. The van der Waals surface area contributed by atoms with Gasteiger partial charge >= 0.3 is 12.1 Å². The standard InChI is InChI=1S/C26H26N6O2/c1-17(2)22-6-4-5-7-23(22)29-26(34)30-25(33)28-20-12-10-19(11-13-20)24-27-16-32(31-24)21-14-8-18(3)9-15-21/h4-17H,1-3H3,(H3,28,29,30,33,34). The number of imide groups is 1. The van der Waals surface area contributed by atoms with E-state index in [1.54, 1.807) is 29.2 Å². The molecule has 8 heteroatoms. The third kappa shape index (κ3) is 5.47. The zero-order valence-corrected chi connectivity index (χ0v) is 19.2. The first-order chi connectivity index (χ1) is 16.4. The third-order valence-electron chi connectivity index (χ3n) is 5.25. The van der Waals surface area contributed by atoms with Gasteiger partial charge in [-0.2, -0.15) is 0 Å². The number of nitrogens with zero attached hydrogens (tertiary/aromatic N) is 3. The maximum atomic E-state index is 12.3. The van der Waals surface area contributed by atoms with Crippen LogP contribution in [-0.2, 0) is 0 Å². The van der Waals surface area contributed by atoms with E-state index in [4.69, 9.17) is 0 Å². The van der Waals surface area contributed by atoms with Gasteiger partial charge in [-0.05, 0) is 60.9 Å². The molecular formula is C26H26N6O2. The number of para-hydroxylation sites is 1. The topological polar surface area (TPSA) is 101 Å². The molecule has 0 saturated heterocycles. The fourth-order valence-electron chi connectivity index (χ4n) is 3.45. The Morgan fingerprint density at radius 2 is 1.53 bits per heavy atom. The molecule has 0 bridgehead atoms. The second-order valence-electron chi connectivity index (χ2n) is 8.20. The van der Waals surface area contributed by atoms with Crippen molar-refractivity contribution in [1.29, 1.82) is 0 Å². The monoisotopic (exact) mass is 454 g/mol. The fourth-order valence-corrected chi connectivity index (χ4v) is 3.45. The Hall–Kier alpha value is -4.46. The van der Waals surface area contributed by atoms with Gasteiger partial charge < -0.3 is 10.6 Å². The number of nitrogens with one attached hydrogen (secondary N) is 3. The predicted molar refractivity (Wildman–Crippen MR) is 133 cm³/mol. The number of hydrogen-bond acceptors (Lipinski definition) is 4. The molecule has 1 aromatic heterocycles. The number of urea groups is 2. The number of anilines is 2. The van der Waals surface area contributed by atoms with Crippen molar-refractivity contribution < 1.29 is 9.59 Å². The normalized spacial score (nSPS) is 10.7. The van der Waals surface area contributed by atoms with Gasteiger partial charge in [-0.3, -0.25) is 5.32 Å². The maximum absolute atomic E-state index is 12.3. The van der Waals surface area contributed by atoms with E-state index in [0.717, 1.165) is 16.8 Å². The molecule has 1 heterocycles. The van der Waals surface area contributed by atoms with Crippen LogP contribution in [0, 0.1) is 6.92 Å². The van der Waals surface area contributed by atoms with E-state index < -0.39 is 12.1 Å². The minimum atomic E-state index is -0.631. The summed E-state index contributed by atoms with van der Waals surface area (Å²) in [6, 6.07) is 21.3. The second kappa shape index (κ2) is 9.99. The van der Waals surface area contributed by atoms with Crippen LogP contribution in [0.5, 0.6) is 0 Å². The minimum absolute atomic E-state index is 0.238. The summed E-state index contributed by atoms with van der Waals surface area (Å²) in [5.41, 5.74) is 5.11. The average Bonchev–Trinajstić information content (AvgIpc) is 3.30. The first-order valence-corrected chi connectivity index (χ1v) is 11.0. The maximum Gasteiger partial charge on any atom is 0.327 e. The van der Waals surface area contributed by atoms with Crippen molar-refractivity contribution in [3.05, 3.63) is 90.3 Å². The van der Waals surface area contributed by atoms with Gasteiger partial charge in [0.15, 0.2) is 5.82 Å². The highest BCUT2D eigenvalue weighted by Gasteiger charge is 2.12. The van der Waals surface area contributed by atoms with Crippen LogP contribution >= 0.6 is 0 Å². The first-order valence-electron chi connectivity index (χ1n) is 11.0. The molecule has 3 aromatic carbocycles. The highest BCUT2D eigenvalue weighted by atomic mass is 16.2. The summed E-state index contributed by atoms with van der Waals surface area (Å²) in [4.78, 5) is 28.9. The Bertz CT molecular complexity index is 1290.